The molecule has 0 spiro atoms. The molecular formula is C24H27N3O3. The Morgan fingerprint density at radius 2 is 1.93 bits per heavy atom. The van der Waals surface area contributed by atoms with Crippen molar-refractivity contribution in [2.45, 2.75) is 31.8 Å². The second kappa shape index (κ2) is 8.50. The zero-order valence-corrected chi connectivity index (χ0v) is 17.3. The highest BCUT2D eigenvalue weighted by Crippen LogP contribution is 2.37. The number of ether oxygens (including phenoxy) is 3. The zero-order valence-electron chi connectivity index (χ0n) is 17.3. The molecule has 3 aromatic rings. The van der Waals surface area contributed by atoms with Gasteiger partial charge in [0, 0.05) is 37.0 Å². The molecule has 0 saturated carbocycles. The van der Waals surface area contributed by atoms with Crippen molar-refractivity contribution in [3.05, 3.63) is 60.3 Å². The molecule has 2 aromatic carbocycles. The van der Waals surface area contributed by atoms with Crippen LogP contribution in [0.4, 0.5) is 0 Å². The number of likely N-dealkylation sites (tertiary alicyclic amines) is 1. The monoisotopic (exact) mass is 405 g/mol. The third-order valence-electron chi connectivity index (χ3n) is 5.94. The van der Waals surface area contributed by atoms with E-state index >= 15 is 0 Å². The Morgan fingerprint density at radius 3 is 2.80 bits per heavy atom. The van der Waals surface area contributed by atoms with E-state index in [0.29, 0.717) is 6.04 Å². The maximum Gasteiger partial charge on any atom is 0.231 e. The lowest BCUT2D eigenvalue weighted by Crippen LogP contribution is -2.41. The van der Waals surface area contributed by atoms with Gasteiger partial charge in [-0.15, -0.1) is 0 Å². The normalized spacial score (nSPS) is 18.6. The van der Waals surface area contributed by atoms with Gasteiger partial charge in [-0.3, -0.25) is 4.90 Å². The van der Waals surface area contributed by atoms with Crippen LogP contribution in [0.1, 0.15) is 24.8 Å². The van der Waals surface area contributed by atoms with Crippen LogP contribution in [-0.4, -0.2) is 47.8 Å². The van der Waals surface area contributed by atoms with Gasteiger partial charge in [0.1, 0.15) is 0 Å². The molecule has 0 N–H and O–H groups in total. The number of benzene rings is 2. The summed E-state index contributed by atoms with van der Waals surface area (Å²) in [4.78, 5) is 2.54. The van der Waals surface area contributed by atoms with Crippen LogP contribution < -0.4 is 9.47 Å². The summed E-state index contributed by atoms with van der Waals surface area (Å²) in [6, 6.07) is 16.8. The van der Waals surface area contributed by atoms with E-state index in [4.69, 9.17) is 19.3 Å². The third kappa shape index (κ3) is 3.80. The summed E-state index contributed by atoms with van der Waals surface area (Å²) in [7, 11) is 1.79. The Labute approximate surface area is 177 Å². The first-order valence-electron chi connectivity index (χ1n) is 10.6. The smallest absolute Gasteiger partial charge is 0.231 e. The Hall–Kier alpha value is -2.83. The van der Waals surface area contributed by atoms with E-state index in [1.54, 1.807) is 7.11 Å². The van der Waals surface area contributed by atoms with Crippen LogP contribution in [0, 0.1) is 0 Å². The van der Waals surface area contributed by atoms with Gasteiger partial charge < -0.3 is 14.2 Å². The Morgan fingerprint density at radius 1 is 1.07 bits per heavy atom. The lowest BCUT2D eigenvalue weighted by Gasteiger charge is -2.35. The third-order valence-corrected chi connectivity index (χ3v) is 5.94. The predicted molar refractivity (Wildman–Crippen MR) is 115 cm³/mol. The fraction of sp³-hybridized carbons (Fsp3) is 0.375. The summed E-state index contributed by atoms with van der Waals surface area (Å²) in [6.07, 6.45) is 5.84. The van der Waals surface area contributed by atoms with Crippen molar-refractivity contribution in [3.63, 3.8) is 0 Å². The van der Waals surface area contributed by atoms with Crippen molar-refractivity contribution in [3.8, 4) is 28.4 Å². The van der Waals surface area contributed by atoms with Gasteiger partial charge in [-0.25, -0.2) is 4.68 Å². The Kier molecular flexibility index (Phi) is 5.43. The van der Waals surface area contributed by atoms with E-state index in [2.05, 4.69) is 29.3 Å². The molecule has 1 atom stereocenters. The second-order valence-electron chi connectivity index (χ2n) is 7.93. The van der Waals surface area contributed by atoms with Crippen molar-refractivity contribution >= 4 is 0 Å². The van der Waals surface area contributed by atoms with Crippen molar-refractivity contribution in [1.82, 2.24) is 14.7 Å². The van der Waals surface area contributed by atoms with Crippen molar-refractivity contribution in [2.24, 2.45) is 0 Å². The predicted octanol–water partition coefficient (Wildman–Crippen LogP) is 4.27. The highest BCUT2D eigenvalue weighted by molar-refractivity contribution is 5.67. The van der Waals surface area contributed by atoms with E-state index in [9.17, 15) is 0 Å². The molecule has 1 saturated heterocycles. The highest BCUT2D eigenvalue weighted by Gasteiger charge is 2.25. The van der Waals surface area contributed by atoms with Crippen LogP contribution in [-0.2, 0) is 11.3 Å². The first-order valence-corrected chi connectivity index (χ1v) is 10.6. The first-order chi connectivity index (χ1) is 14.8. The van der Waals surface area contributed by atoms with Gasteiger partial charge in [0.15, 0.2) is 11.5 Å². The summed E-state index contributed by atoms with van der Waals surface area (Å²) in [5, 5.41) is 4.98. The summed E-state index contributed by atoms with van der Waals surface area (Å²) in [6.45, 7) is 2.98. The van der Waals surface area contributed by atoms with Gasteiger partial charge in [0.25, 0.3) is 0 Å². The van der Waals surface area contributed by atoms with Crippen LogP contribution in [0.3, 0.4) is 0 Å². The average molecular weight is 405 g/mol. The molecule has 1 fully saturated rings. The fourth-order valence-corrected chi connectivity index (χ4v) is 4.39. The van der Waals surface area contributed by atoms with Crippen molar-refractivity contribution < 1.29 is 14.2 Å². The topological polar surface area (TPSA) is 48.8 Å². The average Bonchev–Trinajstić information content (AvgIpc) is 3.42. The molecule has 0 aliphatic carbocycles. The molecule has 1 aromatic heterocycles. The maximum atomic E-state index is 5.61. The van der Waals surface area contributed by atoms with E-state index in [1.807, 2.05) is 35.0 Å². The summed E-state index contributed by atoms with van der Waals surface area (Å²) in [5.74, 6) is 1.57. The molecule has 30 heavy (non-hydrogen) atoms. The Bertz CT molecular complexity index is 1000. The fourth-order valence-electron chi connectivity index (χ4n) is 4.39. The Balaban J connectivity index is 1.52. The molecule has 0 unspecified atom stereocenters. The number of para-hydroxylation sites is 1. The zero-order chi connectivity index (χ0) is 20.3. The van der Waals surface area contributed by atoms with Gasteiger partial charge in [-0.2, -0.15) is 5.10 Å². The number of methoxy groups -OCH3 is 1. The number of piperidine rings is 1. The van der Waals surface area contributed by atoms with E-state index in [0.717, 1.165) is 48.1 Å². The SMILES string of the molecule is COC[C@H]1CCCCN1Cc1cn(-c2ccccc2)nc1-c1ccc2c(c1)OCO2. The van der Waals surface area contributed by atoms with Crippen LogP contribution in [0.5, 0.6) is 11.5 Å². The first kappa shape index (κ1) is 19.2. The molecular weight excluding hydrogens is 378 g/mol. The lowest BCUT2D eigenvalue weighted by atomic mass is 10.0. The van der Waals surface area contributed by atoms with Crippen LogP contribution >= 0.6 is 0 Å². The molecule has 6 heteroatoms. The van der Waals surface area contributed by atoms with Crippen molar-refractivity contribution in [2.75, 3.05) is 27.1 Å². The number of fused-ring (bicyclic) bond motifs is 1. The van der Waals surface area contributed by atoms with Crippen LogP contribution in [0.15, 0.2) is 54.7 Å². The quantitative estimate of drug-likeness (QED) is 0.613. The highest BCUT2D eigenvalue weighted by atomic mass is 16.7. The van der Waals surface area contributed by atoms with Gasteiger partial charge >= 0.3 is 0 Å². The molecule has 2 aliphatic rings. The van der Waals surface area contributed by atoms with E-state index in [1.165, 1.54) is 24.8 Å². The van der Waals surface area contributed by atoms with Crippen LogP contribution in [0.25, 0.3) is 16.9 Å². The molecule has 3 heterocycles. The molecule has 5 rings (SSSR count). The van der Waals surface area contributed by atoms with Crippen molar-refractivity contribution in [1.29, 1.82) is 0 Å². The minimum atomic E-state index is 0.274. The molecule has 156 valence electrons. The number of aromatic nitrogens is 2. The van der Waals surface area contributed by atoms with Gasteiger partial charge in [-0.1, -0.05) is 24.6 Å². The maximum absolute atomic E-state index is 5.61. The van der Waals surface area contributed by atoms with Crippen LogP contribution in [0.2, 0.25) is 0 Å². The molecule has 0 radical (unpaired) electrons. The summed E-state index contributed by atoms with van der Waals surface area (Å²) in [5.41, 5.74) is 4.29. The summed E-state index contributed by atoms with van der Waals surface area (Å²) < 4.78 is 18.6. The largest absolute Gasteiger partial charge is 0.454 e. The molecule has 6 nitrogen and oxygen atoms in total. The second-order valence-corrected chi connectivity index (χ2v) is 7.93. The van der Waals surface area contributed by atoms with Gasteiger partial charge in [0.2, 0.25) is 6.79 Å². The standard InChI is InChI=1S/C24H27N3O3/c1-28-16-21-9-5-6-12-26(21)14-19-15-27(20-7-3-2-4-8-20)25-24(19)18-10-11-22-23(13-18)30-17-29-22/h2-4,7-8,10-11,13,15,21H,5-6,9,12,14,16-17H2,1H3/t21-/m1/s1. The number of hydrogen-bond donors (Lipinski definition) is 0. The van der Waals surface area contributed by atoms with Gasteiger partial charge in [-0.05, 0) is 49.7 Å². The number of nitrogens with zero attached hydrogens (tertiary/aromatic N) is 3. The number of hydrogen-bond acceptors (Lipinski definition) is 5. The summed E-state index contributed by atoms with van der Waals surface area (Å²) >= 11 is 0. The molecule has 0 amide bonds. The molecule has 0 bridgehead atoms. The van der Waals surface area contributed by atoms with Gasteiger partial charge in [0.05, 0.1) is 18.0 Å². The van der Waals surface area contributed by atoms with E-state index < -0.39 is 0 Å². The van der Waals surface area contributed by atoms with E-state index in [-0.39, 0.29) is 6.79 Å². The minimum Gasteiger partial charge on any atom is -0.454 e. The minimum absolute atomic E-state index is 0.274. The molecule has 2 aliphatic heterocycles. The number of rotatable bonds is 6. The lowest BCUT2D eigenvalue weighted by molar-refractivity contribution is 0.0601.